The van der Waals surface area contributed by atoms with Gasteiger partial charge in [-0.15, -0.1) is 0 Å². The summed E-state index contributed by atoms with van der Waals surface area (Å²) in [6.45, 7) is 2.07. The molecule has 0 bridgehead atoms. The Morgan fingerprint density at radius 2 is 2.00 bits per heavy atom. The van der Waals surface area contributed by atoms with Gasteiger partial charge in [-0.05, 0) is 18.6 Å². The summed E-state index contributed by atoms with van der Waals surface area (Å²) in [5.74, 6) is 2.23. The van der Waals surface area contributed by atoms with Crippen molar-refractivity contribution in [1.29, 1.82) is 0 Å². The van der Waals surface area contributed by atoms with Crippen LogP contribution in [0.1, 0.15) is 12.5 Å². The second-order valence-corrected chi connectivity index (χ2v) is 4.26. The highest BCUT2D eigenvalue weighted by molar-refractivity contribution is 5.73. The molecular formula is C14H19N3O2. The lowest BCUT2D eigenvalue weighted by Crippen LogP contribution is -1.99. The average molecular weight is 261 g/mol. The molecule has 0 fully saturated rings. The van der Waals surface area contributed by atoms with Crippen LogP contribution in [0.3, 0.4) is 0 Å². The highest BCUT2D eigenvalue weighted by atomic mass is 16.5. The van der Waals surface area contributed by atoms with E-state index in [-0.39, 0.29) is 0 Å². The molecule has 0 atom stereocenters. The SMILES string of the molecule is CCc1c(OC)ccc(-c2cc(N)n(C)n2)c1OC. The number of anilines is 1. The van der Waals surface area contributed by atoms with Crippen LogP contribution in [0.2, 0.25) is 0 Å². The molecule has 2 N–H and O–H groups in total. The van der Waals surface area contributed by atoms with Crippen molar-refractivity contribution >= 4 is 5.82 Å². The monoisotopic (exact) mass is 261 g/mol. The zero-order valence-electron chi connectivity index (χ0n) is 11.7. The van der Waals surface area contributed by atoms with Crippen molar-refractivity contribution in [2.75, 3.05) is 20.0 Å². The van der Waals surface area contributed by atoms with E-state index in [2.05, 4.69) is 12.0 Å². The number of nitrogen functional groups attached to an aromatic ring is 1. The molecule has 0 radical (unpaired) electrons. The number of benzene rings is 1. The van der Waals surface area contributed by atoms with E-state index in [9.17, 15) is 0 Å². The Labute approximate surface area is 112 Å². The van der Waals surface area contributed by atoms with E-state index >= 15 is 0 Å². The quantitative estimate of drug-likeness (QED) is 0.917. The number of nitrogens with two attached hydrogens (primary N) is 1. The third-order valence-corrected chi connectivity index (χ3v) is 3.19. The summed E-state index contributed by atoms with van der Waals surface area (Å²) in [7, 11) is 5.13. The Morgan fingerprint density at radius 1 is 1.26 bits per heavy atom. The molecule has 19 heavy (non-hydrogen) atoms. The van der Waals surface area contributed by atoms with Gasteiger partial charge < -0.3 is 15.2 Å². The summed E-state index contributed by atoms with van der Waals surface area (Å²) >= 11 is 0. The van der Waals surface area contributed by atoms with Gasteiger partial charge in [0.2, 0.25) is 0 Å². The van der Waals surface area contributed by atoms with E-state index < -0.39 is 0 Å². The predicted octanol–water partition coefficient (Wildman–Crippen LogP) is 2.25. The average Bonchev–Trinajstić information content (AvgIpc) is 2.76. The van der Waals surface area contributed by atoms with Crippen LogP contribution in [0.5, 0.6) is 11.5 Å². The molecule has 0 aliphatic carbocycles. The van der Waals surface area contributed by atoms with Gasteiger partial charge in [0.1, 0.15) is 17.3 Å². The zero-order chi connectivity index (χ0) is 14.0. The summed E-state index contributed by atoms with van der Waals surface area (Å²) in [5.41, 5.74) is 8.59. The first-order chi connectivity index (χ1) is 9.12. The van der Waals surface area contributed by atoms with Crippen LogP contribution in [-0.2, 0) is 13.5 Å². The molecule has 2 rings (SSSR count). The Kier molecular flexibility index (Phi) is 3.64. The molecule has 5 nitrogen and oxygen atoms in total. The van der Waals surface area contributed by atoms with Crippen molar-refractivity contribution in [2.24, 2.45) is 7.05 Å². The highest BCUT2D eigenvalue weighted by Gasteiger charge is 2.17. The van der Waals surface area contributed by atoms with Crippen LogP contribution in [0.4, 0.5) is 5.82 Å². The summed E-state index contributed by atoms with van der Waals surface area (Å²) in [6.07, 6.45) is 0.822. The molecule has 0 aliphatic rings. The summed E-state index contributed by atoms with van der Waals surface area (Å²) in [4.78, 5) is 0. The maximum Gasteiger partial charge on any atom is 0.135 e. The molecule has 2 aromatic rings. The van der Waals surface area contributed by atoms with Gasteiger partial charge in [0.05, 0.1) is 19.9 Å². The number of hydrogen-bond acceptors (Lipinski definition) is 4. The van der Waals surface area contributed by atoms with E-state index in [1.165, 1.54) is 0 Å². The fraction of sp³-hybridized carbons (Fsp3) is 0.357. The van der Waals surface area contributed by atoms with Gasteiger partial charge in [-0.25, -0.2) is 0 Å². The first-order valence-electron chi connectivity index (χ1n) is 6.16. The summed E-state index contributed by atoms with van der Waals surface area (Å²) < 4.78 is 12.6. The van der Waals surface area contributed by atoms with E-state index in [0.717, 1.165) is 34.7 Å². The third-order valence-electron chi connectivity index (χ3n) is 3.19. The smallest absolute Gasteiger partial charge is 0.135 e. The van der Waals surface area contributed by atoms with Gasteiger partial charge in [-0.1, -0.05) is 6.92 Å². The molecular weight excluding hydrogens is 242 g/mol. The minimum atomic E-state index is 0.617. The third kappa shape index (κ3) is 2.23. The van der Waals surface area contributed by atoms with Gasteiger partial charge in [0, 0.05) is 24.2 Å². The summed E-state index contributed by atoms with van der Waals surface area (Å²) in [5, 5.41) is 4.39. The number of ether oxygens (including phenoxy) is 2. The highest BCUT2D eigenvalue weighted by Crippen LogP contribution is 2.38. The molecule has 0 unspecified atom stereocenters. The number of rotatable bonds is 4. The lowest BCUT2D eigenvalue weighted by molar-refractivity contribution is 0.387. The first kappa shape index (κ1) is 13.3. The van der Waals surface area contributed by atoms with Crippen LogP contribution in [0.25, 0.3) is 11.3 Å². The molecule has 1 aromatic heterocycles. The molecule has 0 amide bonds. The second-order valence-electron chi connectivity index (χ2n) is 4.26. The van der Waals surface area contributed by atoms with Crippen molar-refractivity contribution in [2.45, 2.75) is 13.3 Å². The molecule has 102 valence electrons. The number of nitrogens with zero attached hydrogens (tertiary/aromatic N) is 2. The van der Waals surface area contributed by atoms with Gasteiger partial charge in [0.25, 0.3) is 0 Å². The Morgan fingerprint density at radius 3 is 2.47 bits per heavy atom. The lowest BCUT2D eigenvalue weighted by Gasteiger charge is -2.14. The molecule has 0 aliphatic heterocycles. The predicted molar refractivity (Wildman–Crippen MR) is 75.5 cm³/mol. The number of hydrogen-bond donors (Lipinski definition) is 1. The fourth-order valence-corrected chi connectivity index (χ4v) is 2.18. The molecule has 0 saturated carbocycles. The molecule has 0 saturated heterocycles. The van der Waals surface area contributed by atoms with Crippen molar-refractivity contribution in [3.63, 3.8) is 0 Å². The van der Waals surface area contributed by atoms with Gasteiger partial charge >= 0.3 is 0 Å². The van der Waals surface area contributed by atoms with Crippen molar-refractivity contribution in [3.8, 4) is 22.8 Å². The van der Waals surface area contributed by atoms with Crippen LogP contribution >= 0.6 is 0 Å². The number of aryl methyl sites for hydroxylation is 1. The maximum absolute atomic E-state index is 5.83. The molecule has 0 spiro atoms. The number of aromatic nitrogens is 2. The fourth-order valence-electron chi connectivity index (χ4n) is 2.18. The Hall–Kier alpha value is -2.17. The van der Waals surface area contributed by atoms with Crippen LogP contribution in [0.15, 0.2) is 18.2 Å². The summed E-state index contributed by atoms with van der Waals surface area (Å²) in [6, 6.07) is 5.71. The van der Waals surface area contributed by atoms with Crippen LogP contribution in [-0.4, -0.2) is 24.0 Å². The van der Waals surface area contributed by atoms with E-state index in [1.54, 1.807) is 18.9 Å². The van der Waals surface area contributed by atoms with Gasteiger partial charge in [0.15, 0.2) is 0 Å². The maximum atomic E-state index is 5.83. The largest absolute Gasteiger partial charge is 0.496 e. The minimum absolute atomic E-state index is 0.617. The molecule has 1 aromatic carbocycles. The Balaban J connectivity index is 2.63. The van der Waals surface area contributed by atoms with Gasteiger partial charge in [-0.2, -0.15) is 5.10 Å². The lowest BCUT2D eigenvalue weighted by atomic mass is 10.0. The van der Waals surface area contributed by atoms with Crippen molar-refractivity contribution in [1.82, 2.24) is 9.78 Å². The Bertz CT molecular complexity index is 571. The number of methoxy groups -OCH3 is 2. The van der Waals surface area contributed by atoms with Crippen LogP contribution < -0.4 is 15.2 Å². The molecule has 5 heteroatoms. The first-order valence-corrected chi connectivity index (χ1v) is 6.16. The van der Waals surface area contributed by atoms with Gasteiger partial charge in [-0.3, -0.25) is 4.68 Å². The zero-order valence-corrected chi connectivity index (χ0v) is 11.7. The van der Waals surface area contributed by atoms with Crippen molar-refractivity contribution in [3.05, 3.63) is 23.8 Å². The van der Waals surface area contributed by atoms with E-state index in [0.29, 0.717) is 5.82 Å². The standard InChI is InChI=1S/C14H19N3O2/c1-5-9-12(18-3)7-6-10(14(9)19-4)11-8-13(15)17(2)16-11/h6-8H,5,15H2,1-4H3. The van der Waals surface area contributed by atoms with Crippen LogP contribution in [0, 0.1) is 0 Å². The van der Waals surface area contributed by atoms with Crippen molar-refractivity contribution < 1.29 is 9.47 Å². The topological polar surface area (TPSA) is 62.3 Å². The minimum Gasteiger partial charge on any atom is -0.496 e. The van der Waals surface area contributed by atoms with E-state index in [1.807, 2.05) is 25.2 Å². The van der Waals surface area contributed by atoms with E-state index in [4.69, 9.17) is 15.2 Å². The molecule has 1 heterocycles. The second kappa shape index (κ2) is 5.22. The normalized spacial score (nSPS) is 10.5.